The van der Waals surface area contributed by atoms with Gasteiger partial charge in [0.05, 0.1) is 4.90 Å². The first-order chi connectivity index (χ1) is 13.4. The molecule has 3 rings (SSSR count). The third-order valence-electron chi connectivity index (χ3n) is 4.51. The number of hydrogen-bond donors (Lipinski definition) is 1. The first kappa shape index (κ1) is 19.8. The Bertz CT molecular complexity index is 1000. The van der Waals surface area contributed by atoms with Gasteiger partial charge in [-0.25, -0.2) is 0 Å². The number of nitrogens with one attached hydrogen (secondary N) is 1. The molecule has 9 heteroatoms. The Morgan fingerprint density at radius 1 is 1.18 bits per heavy atom. The number of aromatic nitrogens is 1. The van der Waals surface area contributed by atoms with Crippen molar-refractivity contribution < 1.29 is 17.9 Å². The molecular weight excluding hydrogens is 380 g/mol. The molecule has 1 N–H and O–H groups in total. The molecule has 1 aromatic heterocycles. The normalized spacial score (nSPS) is 16.6. The minimum atomic E-state index is -3.91. The SMILES string of the molecule is CN1CCCCC/C1=N\S(=O)(=O)c1cccc(NC(=O)c2cccc[n+]2[O-])c1. The van der Waals surface area contributed by atoms with Crippen molar-refractivity contribution in [3.05, 3.63) is 59.6 Å². The van der Waals surface area contributed by atoms with Crippen molar-refractivity contribution in [3.8, 4) is 0 Å². The van der Waals surface area contributed by atoms with Gasteiger partial charge in [-0.3, -0.25) is 4.79 Å². The summed E-state index contributed by atoms with van der Waals surface area (Å²) in [5, 5.41) is 14.2. The van der Waals surface area contributed by atoms with Crippen molar-refractivity contribution in [2.75, 3.05) is 18.9 Å². The Labute approximate surface area is 164 Å². The molecule has 0 unspecified atom stereocenters. The monoisotopic (exact) mass is 402 g/mol. The molecule has 1 saturated heterocycles. The van der Waals surface area contributed by atoms with Gasteiger partial charge in [-0.1, -0.05) is 12.5 Å². The summed E-state index contributed by atoms with van der Waals surface area (Å²) in [6, 6.07) is 10.3. The number of anilines is 1. The molecule has 0 spiro atoms. The number of carbonyl (C=O) groups excluding carboxylic acids is 1. The van der Waals surface area contributed by atoms with Crippen LogP contribution in [0.2, 0.25) is 0 Å². The Morgan fingerprint density at radius 3 is 2.79 bits per heavy atom. The molecule has 0 atom stereocenters. The number of amides is 1. The van der Waals surface area contributed by atoms with Crippen LogP contribution < -0.4 is 10.0 Å². The van der Waals surface area contributed by atoms with Crippen LogP contribution in [0.3, 0.4) is 0 Å². The van der Waals surface area contributed by atoms with E-state index in [9.17, 15) is 18.4 Å². The zero-order valence-electron chi connectivity index (χ0n) is 15.5. The number of carbonyl (C=O) groups is 1. The van der Waals surface area contributed by atoms with Gasteiger partial charge in [0.25, 0.3) is 15.7 Å². The van der Waals surface area contributed by atoms with E-state index in [1.54, 1.807) is 12.1 Å². The number of hydrogen-bond acceptors (Lipinski definition) is 4. The molecule has 148 valence electrons. The highest BCUT2D eigenvalue weighted by atomic mass is 32.2. The Balaban J connectivity index is 1.84. The minimum Gasteiger partial charge on any atom is -0.618 e. The van der Waals surface area contributed by atoms with Gasteiger partial charge < -0.3 is 15.4 Å². The molecule has 2 aromatic rings. The summed E-state index contributed by atoms with van der Waals surface area (Å²) in [5.41, 5.74) is 0.181. The third-order valence-corrected chi connectivity index (χ3v) is 5.81. The molecule has 1 aliphatic heterocycles. The summed E-state index contributed by atoms with van der Waals surface area (Å²) in [4.78, 5) is 14.1. The second-order valence-electron chi connectivity index (χ2n) is 6.61. The lowest BCUT2D eigenvalue weighted by Gasteiger charge is -2.17. The lowest BCUT2D eigenvalue weighted by Crippen LogP contribution is -2.36. The number of nitrogens with zero attached hydrogens (tertiary/aromatic N) is 3. The molecule has 0 radical (unpaired) electrons. The van der Waals surface area contributed by atoms with Crippen molar-refractivity contribution in [2.45, 2.75) is 30.6 Å². The van der Waals surface area contributed by atoms with Gasteiger partial charge in [-0.15, -0.1) is 4.40 Å². The van der Waals surface area contributed by atoms with Gasteiger partial charge in [0.1, 0.15) is 5.84 Å². The van der Waals surface area contributed by atoms with Crippen molar-refractivity contribution >= 4 is 27.5 Å². The summed E-state index contributed by atoms with van der Waals surface area (Å²) in [6.45, 7) is 0.775. The maximum atomic E-state index is 12.7. The highest BCUT2D eigenvalue weighted by Crippen LogP contribution is 2.20. The van der Waals surface area contributed by atoms with Crippen LogP contribution in [0.1, 0.15) is 36.2 Å². The Hall–Kier alpha value is -2.94. The van der Waals surface area contributed by atoms with E-state index in [1.807, 2.05) is 11.9 Å². The van der Waals surface area contributed by atoms with Crippen LogP contribution in [0.4, 0.5) is 5.69 Å². The maximum Gasteiger partial charge on any atom is 0.321 e. The van der Waals surface area contributed by atoms with Gasteiger partial charge in [0.2, 0.25) is 0 Å². The zero-order chi connectivity index (χ0) is 20.1. The van der Waals surface area contributed by atoms with Crippen LogP contribution >= 0.6 is 0 Å². The second-order valence-corrected chi connectivity index (χ2v) is 8.21. The molecular formula is C19H22N4O4S. The quantitative estimate of drug-likeness (QED) is 0.623. The summed E-state index contributed by atoms with van der Waals surface area (Å²) in [6.07, 6.45) is 4.79. The number of amidine groups is 1. The molecule has 0 bridgehead atoms. The van der Waals surface area contributed by atoms with Crippen LogP contribution in [-0.4, -0.2) is 38.7 Å². The van der Waals surface area contributed by atoms with Crippen LogP contribution in [0, 0.1) is 5.21 Å². The molecule has 0 aliphatic carbocycles. The summed E-state index contributed by atoms with van der Waals surface area (Å²) in [5.74, 6) is -0.0800. The number of sulfonamides is 1. The number of pyridine rings is 1. The predicted molar refractivity (Wildman–Crippen MR) is 106 cm³/mol. The van der Waals surface area contributed by atoms with Gasteiger partial charge >= 0.3 is 5.91 Å². The fourth-order valence-electron chi connectivity index (χ4n) is 2.97. The van der Waals surface area contributed by atoms with Crippen LogP contribution in [-0.2, 0) is 10.0 Å². The first-order valence-corrected chi connectivity index (χ1v) is 10.5. The molecule has 8 nitrogen and oxygen atoms in total. The van der Waals surface area contributed by atoms with Crippen molar-refractivity contribution in [3.63, 3.8) is 0 Å². The average Bonchev–Trinajstić information content (AvgIpc) is 2.86. The van der Waals surface area contributed by atoms with E-state index in [0.717, 1.165) is 25.8 Å². The van der Waals surface area contributed by atoms with Crippen molar-refractivity contribution in [1.29, 1.82) is 0 Å². The lowest BCUT2D eigenvalue weighted by molar-refractivity contribution is -0.607. The topological polar surface area (TPSA) is 106 Å². The van der Waals surface area contributed by atoms with Crippen molar-refractivity contribution in [2.24, 2.45) is 4.40 Å². The standard InChI is InChI=1S/C19H22N4O4S/c1-22-12-5-2-3-11-18(22)21-28(26,27)16-9-7-8-15(14-16)20-19(24)17-10-4-6-13-23(17)25/h4,6-10,13-14H,2-3,5,11-12H2,1H3,(H,20,24)/b21-18+. The van der Waals surface area contributed by atoms with Crippen LogP contribution in [0.5, 0.6) is 0 Å². The molecule has 1 aromatic carbocycles. The molecule has 0 saturated carbocycles. The number of benzene rings is 1. The smallest absolute Gasteiger partial charge is 0.321 e. The Morgan fingerprint density at radius 2 is 2.00 bits per heavy atom. The largest absolute Gasteiger partial charge is 0.618 e. The van der Waals surface area contributed by atoms with Crippen LogP contribution in [0.15, 0.2) is 58.0 Å². The fourth-order valence-corrected chi connectivity index (χ4v) is 4.11. The minimum absolute atomic E-state index is 0.0153. The van der Waals surface area contributed by atoms with E-state index in [2.05, 4.69) is 9.71 Å². The van der Waals surface area contributed by atoms with Crippen molar-refractivity contribution in [1.82, 2.24) is 4.90 Å². The van der Waals surface area contributed by atoms with Gasteiger partial charge in [-0.2, -0.15) is 13.1 Å². The van der Waals surface area contributed by atoms with E-state index in [1.165, 1.54) is 36.5 Å². The molecule has 1 amide bonds. The number of rotatable bonds is 4. The maximum absolute atomic E-state index is 12.7. The number of likely N-dealkylation sites (tertiary alicyclic amines) is 1. The Kier molecular flexibility index (Phi) is 5.93. The predicted octanol–water partition coefficient (Wildman–Crippen LogP) is 2.17. The van der Waals surface area contributed by atoms with E-state index in [-0.39, 0.29) is 16.3 Å². The molecule has 2 heterocycles. The fraction of sp³-hybridized carbons (Fsp3) is 0.316. The third kappa shape index (κ3) is 4.66. The highest BCUT2D eigenvalue weighted by Gasteiger charge is 2.20. The van der Waals surface area contributed by atoms with E-state index in [4.69, 9.17) is 0 Å². The lowest BCUT2D eigenvalue weighted by atomic mass is 10.2. The summed E-state index contributed by atoms with van der Waals surface area (Å²) in [7, 11) is -2.07. The van der Waals surface area contributed by atoms with E-state index < -0.39 is 15.9 Å². The van der Waals surface area contributed by atoms with Crippen LogP contribution in [0.25, 0.3) is 0 Å². The van der Waals surface area contributed by atoms with E-state index >= 15 is 0 Å². The highest BCUT2D eigenvalue weighted by molar-refractivity contribution is 7.90. The van der Waals surface area contributed by atoms with E-state index in [0.29, 0.717) is 17.0 Å². The molecule has 1 aliphatic rings. The molecule has 1 fully saturated rings. The summed E-state index contributed by atoms with van der Waals surface area (Å²) >= 11 is 0. The first-order valence-electron chi connectivity index (χ1n) is 9.01. The summed E-state index contributed by atoms with van der Waals surface area (Å²) < 4.78 is 29.9. The van der Waals surface area contributed by atoms with Gasteiger partial charge in [0.15, 0.2) is 6.20 Å². The van der Waals surface area contributed by atoms with Gasteiger partial charge in [0, 0.05) is 37.8 Å². The second kappa shape index (κ2) is 8.39. The molecule has 28 heavy (non-hydrogen) atoms. The van der Waals surface area contributed by atoms with Gasteiger partial charge in [-0.05, 0) is 37.1 Å². The average molecular weight is 402 g/mol. The zero-order valence-corrected chi connectivity index (χ0v) is 16.4.